The van der Waals surface area contributed by atoms with Crippen molar-refractivity contribution in [3.63, 3.8) is 0 Å². The molecule has 1 N–H and O–H groups in total. The summed E-state index contributed by atoms with van der Waals surface area (Å²) in [6, 6.07) is 24.8. The van der Waals surface area contributed by atoms with E-state index in [1.165, 1.54) is 4.90 Å². The second-order valence-corrected chi connectivity index (χ2v) is 5.91. The normalized spacial score (nSPS) is 12.8. The van der Waals surface area contributed by atoms with E-state index in [0.717, 1.165) is 0 Å². The Labute approximate surface area is 150 Å². The van der Waals surface area contributed by atoms with Crippen LogP contribution in [0.1, 0.15) is 15.9 Å². The van der Waals surface area contributed by atoms with Crippen LogP contribution >= 0.6 is 0 Å². The van der Waals surface area contributed by atoms with Gasteiger partial charge >= 0.3 is 0 Å². The molecule has 0 fully saturated rings. The number of fused-ring (bicyclic) bond motifs is 1. The van der Waals surface area contributed by atoms with Crippen molar-refractivity contribution in [3.05, 3.63) is 102 Å². The van der Waals surface area contributed by atoms with Crippen LogP contribution in [0.5, 0.6) is 0 Å². The van der Waals surface area contributed by atoms with E-state index in [-0.39, 0.29) is 11.3 Å². The Morgan fingerprint density at radius 2 is 1.15 bits per heavy atom. The van der Waals surface area contributed by atoms with Crippen molar-refractivity contribution in [1.29, 1.82) is 0 Å². The first-order valence-electron chi connectivity index (χ1n) is 8.20. The average Bonchev–Trinajstić information content (AvgIpc) is 2.95. The minimum Gasteiger partial charge on any atom is -0.506 e. The van der Waals surface area contributed by atoms with E-state index in [9.17, 15) is 14.7 Å². The van der Waals surface area contributed by atoms with Crippen LogP contribution in [0.15, 0.2) is 90.5 Å². The second kappa shape index (κ2) is 6.33. The van der Waals surface area contributed by atoms with Gasteiger partial charge in [-0.2, -0.15) is 0 Å². The third-order valence-corrected chi connectivity index (χ3v) is 4.34. The maximum absolute atomic E-state index is 13.3. The van der Waals surface area contributed by atoms with Crippen molar-refractivity contribution in [2.75, 3.05) is 4.90 Å². The smallest absolute Gasteiger partial charge is 0.270 e. The Hall–Kier alpha value is -3.66. The molecule has 0 heterocycles. The molecule has 0 saturated carbocycles. The lowest BCUT2D eigenvalue weighted by Gasteiger charge is -2.23. The number of hydrogen-bond donors (Lipinski definition) is 1. The summed E-state index contributed by atoms with van der Waals surface area (Å²) in [6.45, 7) is 0. The van der Waals surface area contributed by atoms with E-state index in [1.807, 2.05) is 36.4 Å². The van der Waals surface area contributed by atoms with Crippen LogP contribution in [0.4, 0.5) is 11.4 Å². The number of carbonyl (C=O) groups is 2. The van der Waals surface area contributed by atoms with Gasteiger partial charge in [-0.05, 0) is 24.3 Å². The maximum atomic E-state index is 13.3. The SMILES string of the molecule is O=C1C(C(=O)N(c2ccccc2)c2ccccc2)=C(O)c2ccccc21. The molecule has 1 aliphatic carbocycles. The fourth-order valence-electron chi connectivity index (χ4n) is 3.11. The number of hydrogen-bond acceptors (Lipinski definition) is 3. The number of carbonyl (C=O) groups excluding carboxylic acids is 2. The Balaban J connectivity index is 1.85. The van der Waals surface area contributed by atoms with E-state index < -0.39 is 11.7 Å². The molecule has 0 saturated heterocycles. The molecule has 4 nitrogen and oxygen atoms in total. The molecule has 126 valence electrons. The lowest BCUT2D eigenvalue weighted by atomic mass is 10.1. The molecule has 0 bridgehead atoms. The highest BCUT2D eigenvalue weighted by molar-refractivity contribution is 6.37. The van der Waals surface area contributed by atoms with Gasteiger partial charge in [-0.15, -0.1) is 0 Å². The molecule has 0 unspecified atom stereocenters. The van der Waals surface area contributed by atoms with Gasteiger partial charge in [-0.25, -0.2) is 0 Å². The lowest BCUT2D eigenvalue weighted by Crippen LogP contribution is -2.29. The van der Waals surface area contributed by atoms with Crippen LogP contribution in [0.2, 0.25) is 0 Å². The third kappa shape index (κ3) is 2.48. The van der Waals surface area contributed by atoms with Crippen molar-refractivity contribution >= 4 is 28.8 Å². The van der Waals surface area contributed by atoms with Crippen LogP contribution in [0, 0.1) is 0 Å². The van der Waals surface area contributed by atoms with Crippen LogP contribution in [-0.4, -0.2) is 16.8 Å². The molecule has 4 rings (SSSR count). The Kier molecular flexibility index (Phi) is 3.86. The summed E-state index contributed by atoms with van der Waals surface area (Å²) >= 11 is 0. The number of aliphatic hydroxyl groups excluding tert-OH is 1. The van der Waals surface area contributed by atoms with E-state index in [1.54, 1.807) is 48.5 Å². The first kappa shape index (κ1) is 15.8. The molecule has 26 heavy (non-hydrogen) atoms. The zero-order chi connectivity index (χ0) is 18.1. The summed E-state index contributed by atoms with van der Waals surface area (Å²) < 4.78 is 0. The molecule has 1 amide bonds. The largest absolute Gasteiger partial charge is 0.506 e. The highest BCUT2D eigenvalue weighted by Gasteiger charge is 2.37. The summed E-state index contributed by atoms with van der Waals surface area (Å²) in [6.07, 6.45) is 0. The lowest BCUT2D eigenvalue weighted by molar-refractivity contribution is -0.114. The molecule has 0 spiro atoms. The quantitative estimate of drug-likeness (QED) is 0.713. The van der Waals surface area contributed by atoms with Crippen LogP contribution in [0.25, 0.3) is 5.76 Å². The molecule has 4 heteroatoms. The first-order valence-corrected chi connectivity index (χ1v) is 8.20. The number of para-hydroxylation sites is 2. The summed E-state index contributed by atoms with van der Waals surface area (Å²) in [5.41, 5.74) is 1.76. The van der Waals surface area contributed by atoms with Gasteiger partial charge in [-0.1, -0.05) is 60.7 Å². The molecule has 0 radical (unpaired) electrons. The monoisotopic (exact) mass is 341 g/mol. The minimum absolute atomic E-state index is 0.209. The minimum atomic E-state index is -0.555. The van der Waals surface area contributed by atoms with E-state index in [0.29, 0.717) is 22.5 Å². The molecule has 0 aliphatic heterocycles. The molecular formula is C22H15NO3. The third-order valence-electron chi connectivity index (χ3n) is 4.34. The predicted molar refractivity (Wildman–Crippen MR) is 100 cm³/mol. The van der Waals surface area contributed by atoms with Crippen molar-refractivity contribution in [2.24, 2.45) is 0 Å². The number of nitrogens with zero attached hydrogens (tertiary/aromatic N) is 1. The number of rotatable bonds is 3. The summed E-state index contributed by atoms with van der Waals surface area (Å²) in [4.78, 5) is 27.5. The predicted octanol–water partition coefficient (Wildman–Crippen LogP) is 4.52. The van der Waals surface area contributed by atoms with Gasteiger partial charge in [0.15, 0.2) is 0 Å². The van der Waals surface area contributed by atoms with Crippen LogP contribution in [0.3, 0.4) is 0 Å². The fraction of sp³-hybridized carbons (Fsp3) is 0. The van der Waals surface area contributed by atoms with Gasteiger partial charge < -0.3 is 5.11 Å². The summed E-state index contributed by atoms with van der Waals surface area (Å²) in [5.74, 6) is -1.28. The van der Waals surface area contributed by atoms with Gasteiger partial charge in [-0.3, -0.25) is 14.5 Å². The molecule has 3 aromatic rings. The number of Topliss-reactive ketones (excluding diaryl/α,β-unsaturated/α-hetero) is 1. The standard InChI is InChI=1S/C22H15NO3/c24-20-17-13-7-8-14-18(17)21(25)19(20)22(26)23(15-9-3-1-4-10-15)16-11-5-2-6-12-16/h1-14,24H. The first-order chi connectivity index (χ1) is 12.7. The van der Waals surface area contributed by atoms with Crippen LogP contribution in [-0.2, 0) is 4.79 Å². The highest BCUT2D eigenvalue weighted by Crippen LogP contribution is 2.35. The molecular weight excluding hydrogens is 326 g/mol. The van der Waals surface area contributed by atoms with Gasteiger partial charge in [0.25, 0.3) is 5.91 Å². The van der Waals surface area contributed by atoms with Crippen LogP contribution < -0.4 is 4.90 Å². The highest BCUT2D eigenvalue weighted by atomic mass is 16.3. The van der Waals surface area contributed by atoms with Gasteiger partial charge in [0.2, 0.25) is 5.78 Å². The number of ketones is 1. The Morgan fingerprint density at radius 3 is 1.65 bits per heavy atom. The number of aliphatic hydroxyl groups is 1. The summed E-state index contributed by atoms with van der Waals surface area (Å²) in [5, 5.41) is 10.5. The molecule has 3 aromatic carbocycles. The van der Waals surface area contributed by atoms with Gasteiger partial charge in [0.05, 0.1) is 0 Å². The van der Waals surface area contributed by atoms with Gasteiger partial charge in [0, 0.05) is 22.5 Å². The number of anilines is 2. The van der Waals surface area contributed by atoms with Gasteiger partial charge in [0.1, 0.15) is 11.3 Å². The Bertz CT molecular complexity index is 984. The van der Waals surface area contributed by atoms with E-state index in [2.05, 4.69) is 0 Å². The van der Waals surface area contributed by atoms with Crippen molar-refractivity contribution in [1.82, 2.24) is 0 Å². The van der Waals surface area contributed by atoms with E-state index in [4.69, 9.17) is 0 Å². The molecule has 0 atom stereocenters. The van der Waals surface area contributed by atoms with Crippen molar-refractivity contribution in [3.8, 4) is 0 Å². The topological polar surface area (TPSA) is 57.6 Å². The second-order valence-electron chi connectivity index (χ2n) is 5.91. The maximum Gasteiger partial charge on any atom is 0.270 e. The Morgan fingerprint density at radius 1 is 0.692 bits per heavy atom. The zero-order valence-electron chi connectivity index (χ0n) is 13.8. The van der Waals surface area contributed by atoms with Crippen molar-refractivity contribution < 1.29 is 14.7 Å². The summed E-state index contributed by atoms with van der Waals surface area (Å²) in [7, 11) is 0. The molecule has 0 aromatic heterocycles. The average molecular weight is 341 g/mol. The molecule has 1 aliphatic rings. The van der Waals surface area contributed by atoms with E-state index >= 15 is 0 Å². The number of benzene rings is 3. The zero-order valence-corrected chi connectivity index (χ0v) is 13.8. The van der Waals surface area contributed by atoms with Crippen molar-refractivity contribution in [2.45, 2.75) is 0 Å². The fourth-order valence-corrected chi connectivity index (χ4v) is 3.11. The number of amides is 1.